The van der Waals surface area contributed by atoms with E-state index in [4.69, 9.17) is 11.6 Å². The summed E-state index contributed by atoms with van der Waals surface area (Å²) in [5, 5.41) is 11.6. The summed E-state index contributed by atoms with van der Waals surface area (Å²) in [7, 11) is 0. The molecule has 20 heavy (non-hydrogen) atoms. The normalized spacial score (nSPS) is 14.4. The highest BCUT2D eigenvalue weighted by molar-refractivity contribution is 6.21. The van der Waals surface area contributed by atoms with E-state index in [0.29, 0.717) is 16.8 Å². The number of benzene rings is 1. The van der Waals surface area contributed by atoms with Crippen molar-refractivity contribution in [3.63, 3.8) is 0 Å². The summed E-state index contributed by atoms with van der Waals surface area (Å²) in [6, 6.07) is 6.79. The highest BCUT2D eigenvalue weighted by Gasteiger charge is 2.26. The van der Waals surface area contributed by atoms with Gasteiger partial charge in [0.05, 0.1) is 15.8 Å². The number of hydrogen-bond acceptors (Lipinski definition) is 3. The number of nitrogens with zero attached hydrogens (tertiary/aromatic N) is 2. The maximum absolute atomic E-state index is 11.1. The molecule has 0 aliphatic carbocycles. The predicted molar refractivity (Wildman–Crippen MR) is 81.3 cm³/mol. The molecule has 1 heterocycles. The standard InChI is InChI=1S/C15H17ClN2O2/c1-9(2)14(10(3)16)12-6-7-13(18(19)20)11-5-4-8-17-15(11)12/h4-10,14H,1-3H3. The van der Waals surface area contributed by atoms with E-state index >= 15 is 0 Å². The quantitative estimate of drug-likeness (QED) is 0.473. The Kier molecular flexibility index (Phi) is 4.23. The molecule has 2 unspecified atom stereocenters. The third kappa shape index (κ3) is 2.61. The van der Waals surface area contributed by atoms with Crippen LogP contribution in [0, 0.1) is 16.0 Å². The van der Waals surface area contributed by atoms with Crippen LogP contribution in [0.4, 0.5) is 5.69 Å². The number of halogens is 1. The summed E-state index contributed by atoms with van der Waals surface area (Å²) < 4.78 is 0. The number of fused-ring (bicyclic) bond motifs is 1. The zero-order valence-corrected chi connectivity index (χ0v) is 12.5. The highest BCUT2D eigenvalue weighted by Crippen LogP contribution is 2.37. The molecule has 0 N–H and O–H groups in total. The van der Waals surface area contributed by atoms with Crippen LogP contribution in [0.5, 0.6) is 0 Å². The van der Waals surface area contributed by atoms with Gasteiger partial charge in [0.15, 0.2) is 0 Å². The monoisotopic (exact) mass is 292 g/mol. The van der Waals surface area contributed by atoms with Gasteiger partial charge in [-0.05, 0) is 36.6 Å². The SMILES string of the molecule is CC(C)C(c1ccc([N+](=O)[O-])c2cccnc12)C(C)Cl. The van der Waals surface area contributed by atoms with E-state index in [1.807, 2.05) is 6.92 Å². The summed E-state index contributed by atoms with van der Waals surface area (Å²) in [6.45, 7) is 6.14. The van der Waals surface area contributed by atoms with E-state index in [2.05, 4.69) is 18.8 Å². The summed E-state index contributed by atoms with van der Waals surface area (Å²) in [5.74, 6) is 0.434. The lowest BCUT2D eigenvalue weighted by molar-refractivity contribution is -0.383. The molecule has 0 aliphatic heterocycles. The van der Waals surface area contributed by atoms with Crippen LogP contribution < -0.4 is 0 Å². The molecule has 1 aromatic heterocycles. The Hall–Kier alpha value is -1.68. The molecule has 1 aromatic carbocycles. The Bertz CT molecular complexity index is 633. The average molecular weight is 293 g/mol. The number of pyridine rings is 1. The first-order valence-corrected chi connectivity index (χ1v) is 7.03. The van der Waals surface area contributed by atoms with E-state index in [1.165, 1.54) is 0 Å². The molecule has 0 aliphatic rings. The van der Waals surface area contributed by atoms with Crippen LogP contribution in [0.2, 0.25) is 0 Å². The molecule has 0 radical (unpaired) electrons. The number of alkyl halides is 1. The van der Waals surface area contributed by atoms with Crippen molar-refractivity contribution >= 4 is 28.2 Å². The minimum absolute atomic E-state index is 0.0679. The molecule has 0 bridgehead atoms. The fraction of sp³-hybridized carbons (Fsp3) is 0.400. The molecule has 0 fully saturated rings. The van der Waals surface area contributed by atoms with Crippen molar-refractivity contribution in [3.8, 4) is 0 Å². The predicted octanol–water partition coefficient (Wildman–Crippen LogP) is 4.51. The zero-order valence-electron chi connectivity index (χ0n) is 11.7. The van der Waals surface area contributed by atoms with E-state index in [-0.39, 0.29) is 21.9 Å². The van der Waals surface area contributed by atoms with Crippen molar-refractivity contribution < 1.29 is 4.92 Å². The smallest absolute Gasteiger partial charge is 0.258 e. The molecular formula is C15H17ClN2O2. The van der Waals surface area contributed by atoms with E-state index in [0.717, 1.165) is 5.56 Å². The zero-order chi connectivity index (χ0) is 14.9. The maximum Gasteiger partial charge on any atom is 0.278 e. The van der Waals surface area contributed by atoms with Crippen molar-refractivity contribution in [2.24, 2.45) is 5.92 Å². The summed E-state index contributed by atoms with van der Waals surface area (Å²) >= 11 is 6.31. The van der Waals surface area contributed by atoms with Crippen LogP contribution in [-0.4, -0.2) is 15.3 Å². The molecular weight excluding hydrogens is 276 g/mol. The fourth-order valence-electron chi connectivity index (χ4n) is 2.74. The van der Waals surface area contributed by atoms with Gasteiger partial charge in [0.2, 0.25) is 0 Å². The summed E-state index contributed by atoms with van der Waals surface area (Å²) in [4.78, 5) is 15.1. The van der Waals surface area contributed by atoms with Gasteiger partial charge in [-0.15, -0.1) is 11.6 Å². The first kappa shape index (κ1) is 14.7. The minimum atomic E-state index is -0.373. The average Bonchev–Trinajstić information content (AvgIpc) is 2.37. The number of nitro groups is 1. The molecule has 0 spiro atoms. The molecule has 2 atom stereocenters. The number of aromatic nitrogens is 1. The number of rotatable bonds is 4. The van der Waals surface area contributed by atoms with Gasteiger partial charge in [0, 0.05) is 23.6 Å². The molecule has 0 saturated heterocycles. The Labute approximate surface area is 122 Å². The van der Waals surface area contributed by atoms with Crippen molar-refractivity contribution in [1.29, 1.82) is 0 Å². The lowest BCUT2D eigenvalue weighted by Crippen LogP contribution is -2.16. The first-order valence-electron chi connectivity index (χ1n) is 6.59. The van der Waals surface area contributed by atoms with Crippen molar-refractivity contribution in [2.75, 3.05) is 0 Å². The van der Waals surface area contributed by atoms with Crippen molar-refractivity contribution in [3.05, 3.63) is 46.1 Å². The lowest BCUT2D eigenvalue weighted by Gasteiger charge is -2.24. The largest absolute Gasteiger partial charge is 0.278 e. The van der Waals surface area contributed by atoms with Gasteiger partial charge in [0.1, 0.15) is 0 Å². The summed E-state index contributed by atoms with van der Waals surface area (Å²) in [6.07, 6.45) is 1.66. The second-order valence-corrected chi connectivity index (χ2v) is 5.97. The number of non-ortho nitro benzene ring substituents is 1. The van der Waals surface area contributed by atoms with Gasteiger partial charge >= 0.3 is 0 Å². The van der Waals surface area contributed by atoms with Crippen molar-refractivity contribution in [1.82, 2.24) is 4.98 Å². The topological polar surface area (TPSA) is 56.0 Å². The molecule has 4 nitrogen and oxygen atoms in total. The maximum atomic E-state index is 11.1. The number of hydrogen-bond donors (Lipinski definition) is 0. The van der Waals surface area contributed by atoms with Crippen LogP contribution >= 0.6 is 11.6 Å². The van der Waals surface area contributed by atoms with Gasteiger partial charge in [-0.3, -0.25) is 15.1 Å². The lowest BCUT2D eigenvalue weighted by atomic mass is 9.84. The Balaban J connectivity index is 2.73. The van der Waals surface area contributed by atoms with Crippen LogP contribution in [0.1, 0.15) is 32.3 Å². The fourth-order valence-corrected chi connectivity index (χ4v) is 3.17. The molecule has 2 rings (SSSR count). The van der Waals surface area contributed by atoms with Crippen LogP contribution in [0.3, 0.4) is 0 Å². The molecule has 2 aromatic rings. The number of nitro benzene ring substituents is 1. The first-order chi connectivity index (χ1) is 9.43. The minimum Gasteiger partial charge on any atom is -0.258 e. The van der Waals surface area contributed by atoms with Gasteiger partial charge in [-0.25, -0.2) is 0 Å². The molecule has 106 valence electrons. The molecule has 5 heteroatoms. The van der Waals surface area contributed by atoms with Gasteiger partial charge in [0.25, 0.3) is 5.69 Å². The van der Waals surface area contributed by atoms with Gasteiger partial charge in [-0.2, -0.15) is 0 Å². The highest BCUT2D eigenvalue weighted by atomic mass is 35.5. The third-order valence-corrected chi connectivity index (χ3v) is 3.82. The van der Waals surface area contributed by atoms with Crippen LogP contribution in [-0.2, 0) is 0 Å². The van der Waals surface area contributed by atoms with Crippen LogP contribution in [0.15, 0.2) is 30.5 Å². The molecule has 0 saturated carbocycles. The van der Waals surface area contributed by atoms with E-state index < -0.39 is 0 Å². The Morgan fingerprint density at radius 1 is 1.25 bits per heavy atom. The van der Waals surface area contributed by atoms with E-state index in [1.54, 1.807) is 30.5 Å². The Morgan fingerprint density at radius 3 is 2.50 bits per heavy atom. The third-order valence-electron chi connectivity index (χ3n) is 3.55. The van der Waals surface area contributed by atoms with Crippen LogP contribution in [0.25, 0.3) is 10.9 Å². The second-order valence-electron chi connectivity index (χ2n) is 5.28. The summed E-state index contributed by atoms with van der Waals surface area (Å²) in [5.41, 5.74) is 1.73. The van der Waals surface area contributed by atoms with Crippen molar-refractivity contribution in [2.45, 2.75) is 32.1 Å². The molecule has 0 amide bonds. The Morgan fingerprint density at radius 2 is 1.95 bits per heavy atom. The van der Waals surface area contributed by atoms with Gasteiger partial charge < -0.3 is 0 Å². The van der Waals surface area contributed by atoms with Gasteiger partial charge in [-0.1, -0.05) is 13.8 Å². The van der Waals surface area contributed by atoms with E-state index in [9.17, 15) is 10.1 Å². The second kappa shape index (κ2) is 5.75.